The van der Waals surface area contributed by atoms with Crippen molar-refractivity contribution in [2.45, 2.75) is 26.8 Å². The zero-order chi connectivity index (χ0) is 24.8. The van der Waals surface area contributed by atoms with Gasteiger partial charge in [0.05, 0.1) is 23.2 Å². The van der Waals surface area contributed by atoms with Crippen molar-refractivity contribution in [3.05, 3.63) is 93.3 Å². The molecule has 0 saturated heterocycles. The second-order valence-electron chi connectivity index (χ2n) is 8.07. The quantitative estimate of drug-likeness (QED) is 0.377. The third-order valence-corrected chi connectivity index (χ3v) is 5.55. The number of carbonyl (C=O) groups is 2. The number of carbonyl (C=O) groups excluding carboxylic acids is 2. The Morgan fingerprint density at radius 1 is 1.09 bits per heavy atom. The van der Waals surface area contributed by atoms with E-state index in [4.69, 9.17) is 0 Å². The number of pyridine rings is 1. The first-order valence-electron chi connectivity index (χ1n) is 10.7. The van der Waals surface area contributed by atoms with Crippen LogP contribution in [-0.2, 0) is 4.79 Å². The number of hydrogen-bond acceptors (Lipinski definition) is 6. The molecule has 3 aromatic rings. The lowest BCUT2D eigenvalue weighted by atomic mass is 10.1. The van der Waals surface area contributed by atoms with Crippen molar-refractivity contribution in [1.82, 2.24) is 9.88 Å². The molecule has 1 aromatic heterocycles. The van der Waals surface area contributed by atoms with Gasteiger partial charge in [-0.2, -0.15) is 0 Å². The number of aromatic nitrogens is 1. The van der Waals surface area contributed by atoms with Crippen LogP contribution in [0.5, 0.6) is 0 Å². The lowest BCUT2D eigenvalue weighted by Crippen LogP contribution is -2.35. The molecule has 176 valence electrons. The number of nitro benzene ring substituents is 1. The van der Waals surface area contributed by atoms with Gasteiger partial charge in [-0.1, -0.05) is 18.2 Å². The number of likely N-dealkylation sites (N-methyl/N-ethyl adjacent to an activating group) is 1. The van der Waals surface area contributed by atoms with Crippen molar-refractivity contribution in [2.75, 3.05) is 24.2 Å². The fourth-order valence-electron chi connectivity index (χ4n) is 3.46. The normalized spacial score (nSPS) is 11.4. The van der Waals surface area contributed by atoms with Gasteiger partial charge in [-0.25, -0.2) is 0 Å². The number of amides is 2. The molecule has 3 rings (SSSR count). The van der Waals surface area contributed by atoms with Crippen molar-refractivity contribution in [3.63, 3.8) is 0 Å². The lowest BCUT2D eigenvalue weighted by Gasteiger charge is -2.19. The molecule has 2 amide bonds. The van der Waals surface area contributed by atoms with Crippen LogP contribution in [0.2, 0.25) is 0 Å². The van der Waals surface area contributed by atoms with Gasteiger partial charge in [-0.05, 0) is 62.2 Å². The highest BCUT2D eigenvalue weighted by Crippen LogP contribution is 2.29. The second-order valence-corrected chi connectivity index (χ2v) is 8.07. The van der Waals surface area contributed by atoms with Gasteiger partial charge in [0.1, 0.15) is 5.69 Å². The maximum atomic E-state index is 12.9. The van der Waals surface area contributed by atoms with Crippen LogP contribution in [0.25, 0.3) is 0 Å². The van der Waals surface area contributed by atoms with Gasteiger partial charge in [-0.3, -0.25) is 24.7 Å². The summed E-state index contributed by atoms with van der Waals surface area (Å²) in [5.41, 5.74) is 3.55. The number of rotatable bonds is 8. The van der Waals surface area contributed by atoms with E-state index in [0.29, 0.717) is 5.69 Å². The fraction of sp³-hybridized carbons (Fsp3) is 0.240. The van der Waals surface area contributed by atoms with Crippen molar-refractivity contribution in [3.8, 4) is 0 Å². The molecule has 2 aromatic carbocycles. The van der Waals surface area contributed by atoms with Crippen LogP contribution in [0.15, 0.2) is 60.8 Å². The molecule has 0 fully saturated rings. The highest BCUT2D eigenvalue weighted by molar-refractivity contribution is 6.00. The molecule has 1 unspecified atom stereocenters. The number of anilines is 2. The van der Waals surface area contributed by atoms with E-state index in [1.54, 1.807) is 18.3 Å². The summed E-state index contributed by atoms with van der Waals surface area (Å²) in [7, 11) is 1.48. The molecule has 1 heterocycles. The minimum absolute atomic E-state index is 0.116. The zero-order valence-electron chi connectivity index (χ0n) is 19.5. The SMILES string of the molecule is Cc1cccc(NC(=O)CN(C)C(=O)c2ccc(NC(C)c3ccccn3)c([N+](=O)[O-])c2)c1C. The van der Waals surface area contributed by atoms with Gasteiger partial charge in [0.25, 0.3) is 11.6 Å². The Morgan fingerprint density at radius 3 is 2.53 bits per heavy atom. The molecular formula is C25H27N5O4. The summed E-state index contributed by atoms with van der Waals surface area (Å²) >= 11 is 0. The maximum Gasteiger partial charge on any atom is 0.293 e. The van der Waals surface area contributed by atoms with E-state index in [2.05, 4.69) is 15.6 Å². The molecule has 0 aliphatic carbocycles. The zero-order valence-corrected chi connectivity index (χ0v) is 19.5. The third kappa shape index (κ3) is 5.74. The molecular weight excluding hydrogens is 434 g/mol. The molecule has 2 N–H and O–H groups in total. The van der Waals surface area contributed by atoms with E-state index in [9.17, 15) is 19.7 Å². The monoisotopic (exact) mass is 461 g/mol. The predicted molar refractivity (Wildman–Crippen MR) is 131 cm³/mol. The number of benzene rings is 2. The number of hydrogen-bond donors (Lipinski definition) is 2. The second kappa shape index (κ2) is 10.6. The number of aryl methyl sites for hydroxylation is 1. The Labute approximate surface area is 198 Å². The molecule has 0 aliphatic rings. The molecule has 9 nitrogen and oxygen atoms in total. The Balaban J connectivity index is 1.72. The molecule has 0 aliphatic heterocycles. The van der Waals surface area contributed by atoms with Gasteiger partial charge < -0.3 is 15.5 Å². The highest BCUT2D eigenvalue weighted by Gasteiger charge is 2.22. The third-order valence-electron chi connectivity index (χ3n) is 5.55. The molecule has 9 heteroatoms. The topological polar surface area (TPSA) is 117 Å². The largest absolute Gasteiger partial charge is 0.371 e. The maximum absolute atomic E-state index is 12.9. The highest BCUT2D eigenvalue weighted by atomic mass is 16.6. The minimum atomic E-state index is -0.544. The predicted octanol–water partition coefficient (Wildman–Crippen LogP) is 4.49. The minimum Gasteiger partial charge on any atom is -0.371 e. The lowest BCUT2D eigenvalue weighted by molar-refractivity contribution is -0.384. The summed E-state index contributed by atoms with van der Waals surface area (Å²) in [4.78, 5) is 42.0. The van der Waals surface area contributed by atoms with Crippen LogP contribution >= 0.6 is 0 Å². The first kappa shape index (κ1) is 24.4. The van der Waals surface area contributed by atoms with Gasteiger partial charge in [0.15, 0.2) is 0 Å². The molecule has 34 heavy (non-hydrogen) atoms. The van der Waals surface area contributed by atoms with Crippen LogP contribution in [0.1, 0.15) is 40.1 Å². The molecule has 1 atom stereocenters. The number of nitrogens with one attached hydrogen (secondary N) is 2. The van der Waals surface area contributed by atoms with Crippen LogP contribution in [-0.4, -0.2) is 40.2 Å². The Hall–Kier alpha value is -4.27. The molecule has 0 bridgehead atoms. The summed E-state index contributed by atoms with van der Waals surface area (Å²) < 4.78 is 0. The Kier molecular flexibility index (Phi) is 7.57. The Bertz CT molecular complexity index is 1210. The standard InChI is InChI=1S/C25H27N5O4/c1-16-8-7-10-20(17(16)2)28-24(31)15-29(4)25(32)19-11-12-22(23(14-19)30(33)34)27-18(3)21-9-5-6-13-26-21/h5-14,18,27H,15H2,1-4H3,(H,28,31). The first-order valence-corrected chi connectivity index (χ1v) is 10.7. The smallest absolute Gasteiger partial charge is 0.293 e. The van der Waals surface area contributed by atoms with Gasteiger partial charge >= 0.3 is 0 Å². The van der Waals surface area contributed by atoms with Crippen molar-refractivity contribution in [1.29, 1.82) is 0 Å². The van der Waals surface area contributed by atoms with E-state index in [1.165, 1.54) is 30.1 Å². The van der Waals surface area contributed by atoms with E-state index in [0.717, 1.165) is 16.8 Å². The summed E-state index contributed by atoms with van der Waals surface area (Å²) in [5, 5.41) is 17.6. The van der Waals surface area contributed by atoms with Crippen LogP contribution in [0.3, 0.4) is 0 Å². The molecule has 0 radical (unpaired) electrons. The van der Waals surface area contributed by atoms with Crippen molar-refractivity contribution < 1.29 is 14.5 Å². The summed E-state index contributed by atoms with van der Waals surface area (Å²) in [6.45, 7) is 5.50. The fourth-order valence-corrected chi connectivity index (χ4v) is 3.46. The molecule has 0 spiro atoms. The van der Waals surface area contributed by atoms with E-state index >= 15 is 0 Å². The van der Waals surface area contributed by atoms with E-state index in [1.807, 2.05) is 45.0 Å². The van der Waals surface area contributed by atoms with Crippen LogP contribution in [0.4, 0.5) is 17.1 Å². The first-order chi connectivity index (χ1) is 16.2. The summed E-state index contributed by atoms with van der Waals surface area (Å²) in [6.07, 6.45) is 1.65. The molecule has 0 saturated carbocycles. The van der Waals surface area contributed by atoms with Gasteiger partial charge in [0, 0.05) is 30.6 Å². The van der Waals surface area contributed by atoms with Crippen molar-refractivity contribution in [2.24, 2.45) is 0 Å². The number of nitro groups is 1. The van der Waals surface area contributed by atoms with Gasteiger partial charge in [-0.15, -0.1) is 0 Å². The summed E-state index contributed by atoms with van der Waals surface area (Å²) in [5.74, 6) is -0.856. The van der Waals surface area contributed by atoms with E-state index in [-0.39, 0.29) is 35.4 Å². The summed E-state index contributed by atoms with van der Waals surface area (Å²) in [6, 6.07) is 15.0. The van der Waals surface area contributed by atoms with Crippen LogP contribution < -0.4 is 10.6 Å². The van der Waals surface area contributed by atoms with E-state index < -0.39 is 10.8 Å². The Morgan fingerprint density at radius 2 is 1.85 bits per heavy atom. The average Bonchev–Trinajstić information content (AvgIpc) is 2.82. The average molecular weight is 462 g/mol. The van der Waals surface area contributed by atoms with Crippen LogP contribution in [0, 0.1) is 24.0 Å². The van der Waals surface area contributed by atoms with Gasteiger partial charge in [0.2, 0.25) is 5.91 Å². The van der Waals surface area contributed by atoms with Crippen molar-refractivity contribution >= 4 is 28.9 Å². The number of nitrogens with zero attached hydrogens (tertiary/aromatic N) is 3.